The van der Waals surface area contributed by atoms with Gasteiger partial charge >= 0.3 is 0 Å². The van der Waals surface area contributed by atoms with E-state index in [0.29, 0.717) is 0 Å². The van der Waals surface area contributed by atoms with Crippen LogP contribution in [0.25, 0.3) is 0 Å². The summed E-state index contributed by atoms with van der Waals surface area (Å²) >= 11 is -5.72. The average Bonchev–Trinajstić information content (AvgIpc) is 2.18. The summed E-state index contributed by atoms with van der Waals surface area (Å²) in [5, 5.41) is 0. The van der Waals surface area contributed by atoms with Crippen LogP contribution in [-0.2, 0) is 22.5 Å². The molecule has 1 heterocycles. The molecule has 15 heavy (non-hydrogen) atoms. The molecule has 2 unspecified atom stereocenters. The molecule has 0 aliphatic heterocycles. The third kappa shape index (κ3) is 2.89. The Labute approximate surface area is 90.0 Å². The van der Waals surface area contributed by atoms with Crippen molar-refractivity contribution < 1.29 is 22.3 Å². The van der Waals surface area contributed by atoms with Gasteiger partial charge in [-0.2, -0.15) is 0 Å². The van der Waals surface area contributed by atoms with Crippen molar-refractivity contribution in [1.82, 2.24) is 8.69 Å². The first kappa shape index (κ1) is 11.9. The number of nitrogens with zero attached hydrogens (tertiary/aromatic N) is 2. The summed E-state index contributed by atoms with van der Waals surface area (Å²) in [6.07, 6.45) is 2.52. The van der Waals surface area contributed by atoms with Crippen LogP contribution in [0.2, 0.25) is 0 Å². The summed E-state index contributed by atoms with van der Waals surface area (Å²) in [5.41, 5.74) is -0.0534. The van der Waals surface area contributed by atoms with Crippen LogP contribution >= 0.6 is 0 Å². The first-order chi connectivity index (χ1) is 7.04. The second-order valence-electron chi connectivity index (χ2n) is 2.27. The predicted octanol–water partition coefficient (Wildman–Crippen LogP) is -0.203. The van der Waals surface area contributed by atoms with Crippen LogP contribution < -0.4 is 0 Å². The minimum absolute atomic E-state index is 0.0534. The van der Waals surface area contributed by atoms with E-state index < -0.39 is 28.4 Å². The van der Waals surface area contributed by atoms with Crippen LogP contribution in [0.5, 0.6) is 0 Å². The number of carbonyl (C=O) groups excluding carboxylic acids is 1. The van der Waals surface area contributed by atoms with E-state index in [1.54, 1.807) is 0 Å². The van der Waals surface area contributed by atoms with E-state index in [4.69, 9.17) is 9.11 Å². The Kier molecular flexibility index (Phi) is 4.03. The van der Waals surface area contributed by atoms with Crippen molar-refractivity contribution >= 4 is 28.4 Å². The molecule has 0 saturated heterocycles. The Morgan fingerprint density at radius 1 is 1.33 bits per heavy atom. The molecule has 82 valence electrons. The first-order valence-corrected chi connectivity index (χ1v) is 5.63. The molecule has 0 fully saturated rings. The fraction of sp³-hybridized carbons (Fsp3) is 0. The van der Waals surface area contributed by atoms with E-state index in [0.717, 1.165) is 6.20 Å². The van der Waals surface area contributed by atoms with Gasteiger partial charge in [-0.15, -0.1) is 3.71 Å². The number of hydrogen-bond donors (Lipinski definition) is 2. The van der Waals surface area contributed by atoms with Crippen molar-refractivity contribution in [1.29, 1.82) is 0 Å². The van der Waals surface area contributed by atoms with Crippen LogP contribution in [-0.4, -0.2) is 32.1 Å². The third-order valence-corrected chi connectivity index (χ3v) is 3.02. The number of carbonyl (C=O) groups is 1. The number of aromatic nitrogens is 1. The lowest BCUT2D eigenvalue weighted by Crippen LogP contribution is -2.33. The van der Waals surface area contributed by atoms with Gasteiger partial charge in [-0.1, -0.05) is 0 Å². The quantitative estimate of drug-likeness (QED) is 0.719. The fourth-order valence-electron chi connectivity index (χ4n) is 0.791. The van der Waals surface area contributed by atoms with Crippen molar-refractivity contribution in [3.8, 4) is 0 Å². The minimum atomic E-state index is -2.86. The van der Waals surface area contributed by atoms with Gasteiger partial charge in [-0.3, -0.25) is 18.9 Å². The molecule has 1 aromatic rings. The molecule has 0 spiro atoms. The monoisotopic (exact) mass is 250 g/mol. The lowest BCUT2D eigenvalue weighted by molar-refractivity contribution is 0.0919. The van der Waals surface area contributed by atoms with E-state index in [-0.39, 0.29) is 9.27 Å². The molecule has 0 aliphatic carbocycles. The van der Waals surface area contributed by atoms with Gasteiger partial charge in [0.15, 0.2) is 0 Å². The second-order valence-corrected chi connectivity index (χ2v) is 4.15. The smallest absolute Gasteiger partial charge is 0.282 e. The first-order valence-electron chi connectivity index (χ1n) is 3.50. The number of rotatable bonds is 3. The fourth-order valence-corrected chi connectivity index (χ4v) is 1.72. The Hall–Kier alpha value is -1.16. The standard InChI is InChI=1S/C6H6N2O5S2/c9-6(5-2-1-3-7-4-5)8(14(10)11)15(12)13/h1-4H,(H,10,11)(H,12,13). The number of pyridine rings is 1. The summed E-state index contributed by atoms with van der Waals surface area (Å²) in [5.74, 6) is -1.05. The van der Waals surface area contributed by atoms with Gasteiger partial charge in [0.2, 0.25) is 0 Å². The van der Waals surface area contributed by atoms with Gasteiger partial charge in [-0.25, -0.2) is 8.42 Å². The molecule has 1 amide bonds. The molecule has 2 atom stereocenters. The summed E-state index contributed by atoms with van der Waals surface area (Å²) in [6.45, 7) is 0. The molecule has 0 radical (unpaired) electrons. The third-order valence-electron chi connectivity index (χ3n) is 1.36. The largest absolute Gasteiger partial charge is 0.288 e. The molecule has 0 bridgehead atoms. The van der Waals surface area contributed by atoms with Crippen LogP contribution in [0.3, 0.4) is 0 Å². The van der Waals surface area contributed by atoms with E-state index in [1.165, 1.54) is 18.3 Å². The Morgan fingerprint density at radius 2 is 1.93 bits per heavy atom. The molecule has 7 nitrogen and oxygen atoms in total. The summed E-state index contributed by atoms with van der Waals surface area (Å²) < 4.78 is 38.3. The highest BCUT2D eigenvalue weighted by Crippen LogP contribution is 2.06. The Bertz CT molecular complexity index is 395. The van der Waals surface area contributed by atoms with Crippen LogP contribution in [0.4, 0.5) is 0 Å². The molecule has 0 saturated carbocycles. The van der Waals surface area contributed by atoms with E-state index in [1.807, 2.05) is 0 Å². The minimum Gasteiger partial charge on any atom is -0.288 e. The average molecular weight is 250 g/mol. The SMILES string of the molecule is O=C(c1cccnc1)N(S(=O)O)S(=O)O. The maximum absolute atomic E-state index is 11.4. The van der Waals surface area contributed by atoms with Crippen LogP contribution in [0, 0.1) is 0 Å². The zero-order valence-electron chi connectivity index (χ0n) is 7.14. The van der Waals surface area contributed by atoms with Gasteiger partial charge in [0.05, 0.1) is 5.56 Å². The Morgan fingerprint density at radius 3 is 2.33 bits per heavy atom. The van der Waals surface area contributed by atoms with E-state index in [2.05, 4.69) is 4.98 Å². The topological polar surface area (TPSA) is 108 Å². The lowest BCUT2D eigenvalue weighted by atomic mass is 10.3. The van der Waals surface area contributed by atoms with Crippen LogP contribution in [0.15, 0.2) is 24.5 Å². The lowest BCUT2D eigenvalue weighted by Gasteiger charge is -2.11. The maximum Gasteiger partial charge on any atom is 0.282 e. The van der Waals surface area contributed by atoms with Crippen molar-refractivity contribution in [3.05, 3.63) is 30.1 Å². The molecule has 1 rings (SSSR count). The highest BCUT2D eigenvalue weighted by atomic mass is 32.3. The van der Waals surface area contributed by atoms with Gasteiger partial charge < -0.3 is 0 Å². The zero-order chi connectivity index (χ0) is 11.4. The van der Waals surface area contributed by atoms with Crippen molar-refractivity contribution in [2.75, 3.05) is 0 Å². The maximum atomic E-state index is 11.4. The van der Waals surface area contributed by atoms with E-state index in [9.17, 15) is 13.2 Å². The van der Waals surface area contributed by atoms with Crippen molar-refractivity contribution in [3.63, 3.8) is 0 Å². The second kappa shape index (κ2) is 5.07. The molecular weight excluding hydrogens is 244 g/mol. The van der Waals surface area contributed by atoms with E-state index >= 15 is 0 Å². The summed E-state index contributed by atoms with van der Waals surface area (Å²) in [7, 11) is 0. The molecule has 2 N–H and O–H groups in total. The predicted molar refractivity (Wildman–Crippen MR) is 51.9 cm³/mol. The summed E-state index contributed by atoms with van der Waals surface area (Å²) in [6, 6.07) is 2.73. The molecule has 0 aromatic carbocycles. The van der Waals surface area contributed by atoms with Gasteiger partial charge in [0, 0.05) is 12.4 Å². The molecular formula is C6H6N2O5S2. The van der Waals surface area contributed by atoms with Gasteiger partial charge in [0.1, 0.15) is 0 Å². The Balaban J connectivity index is 3.02. The van der Waals surface area contributed by atoms with Crippen molar-refractivity contribution in [2.45, 2.75) is 0 Å². The molecule has 9 heteroatoms. The summed E-state index contributed by atoms with van der Waals surface area (Å²) in [4.78, 5) is 15.0. The van der Waals surface area contributed by atoms with Crippen LogP contribution in [0.1, 0.15) is 10.4 Å². The molecule has 0 aliphatic rings. The highest BCUT2D eigenvalue weighted by molar-refractivity contribution is 7.93. The number of hydrogen-bond acceptors (Lipinski definition) is 4. The normalized spacial score (nSPS) is 14.3. The molecule has 1 aromatic heterocycles. The van der Waals surface area contributed by atoms with Gasteiger partial charge in [-0.05, 0) is 12.1 Å². The van der Waals surface area contributed by atoms with Gasteiger partial charge in [0.25, 0.3) is 28.4 Å². The zero-order valence-corrected chi connectivity index (χ0v) is 8.77. The van der Waals surface area contributed by atoms with Crippen molar-refractivity contribution in [2.24, 2.45) is 0 Å². The highest BCUT2D eigenvalue weighted by Gasteiger charge is 2.26. The number of amides is 1.